The summed E-state index contributed by atoms with van der Waals surface area (Å²) in [6.07, 6.45) is -13.1. The molecule has 5 fully saturated rings. The summed E-state index contributed by atoms with van der Waals surface area (Å²) in [4.78, 5) is 40.2. The van der Waals surface area contributed by atoms with Gasteiger partial charge in [-0.2, -0.15) is 0 Å². The minimum Gasteiger partial charge on any atom is -0.467 e. The van der Waals surface area contributed by atoms with Crippen LogP contribution in [0.2, 0.25) is 0 Å². The van der Waals surface area contributed by atoms with E-state index in [1.807, 2.05) is 0 Å². The van der Waals surface area contributed by atoms with Crippen LogP contribution < -0.4 is 0 Å². The van der Waals surface area contributed by atoms with Crippen LogP contribution in [0.4, 0.5) is 0 Å². The molecule has 0 aromatic heterocycles. The summed E-state index contributed by atoms with van der Waals surface area (Å²) in [6, 6.07) is 0. The average molecular weight is 685 g/mol. The van der Waals surface area contributed by atoms with Gasteiger partial charge in [0.2, 0.25) is 18.0 Å². The van der Waals surface area contributed by atoms with Gasteiger partial charge in [0.15, 0.2) is 0 Å². The summed E-state index contributed by atoms with van der Waals surface area (Å²) in [6.45, 7) is 5.73. The second-order valence-corrected chi connectivity index (χ2v) is 14.5. The molecule has 3 aliphatic heterocycles. The van der Waals surface area contributed by atoms with Crippen molar-refractivity contribution in [2.24, 2.45) is 34.5 Å². The van der Waals surface area contributed by atoms with Crippen molar-refractivity contribution < 1.29 is 78.6 Å². The van der Waals surface area contributed by atoms with Gasteiger partial charge < -0.3 is 64.2 Å². The first-order valence-electron chi connectivity index (χ1n) is 16.0. The maximum Gasteiger partial charge on any atom is 0.348 e. The molecule has 268 valence electrons. The van der Waals surface area contributed by atoms with Gasteiger partial charge in [-0.15, -0.1) is 0 Å². The Morgan fingerprint density at radius 1 is 1.04 bits per heavy atom. The highest BCUT2D eigenvalue weighted by atomic mass is 16.7. The molecule has 1 spiro atoms. The number of hydrogen-bond donors (Lipinski definition) is 7. The molecule has 17 atom stereocenters. The standard InChI is InChI=1S/C32H44O16/c1-11(2)6-17(34)48-23-25-31-10-44-32(25,29(42)43-5)26(40)22(39)24(31)30(4)8-14(18(35)12(3)13(30)7-16(31)47-27(23)41)45-28-21(38)20(37)19(36)15(9-33)46-28/h6,8,12-13,15-16,18-26,28,33,35-40H,7,9-10H2,1-5H3/t12-,13-,15+,16+,18-,19+,20-,21+,22+,23+,24+,25+,26-,28+,30-,31+,32-/m0/s1. The zero-order valence-corrected chi connectivity index (χ0v) is 27.2. The first-order chi connectivity index (χ1) is 22.5. The lowest BCUT2D eigenvalue weighted by atomic mass is 9.38. The monoisotopic (exact) mass is 684 g/mol. The summed E-state index contributed by atoms with van der Waals surface area (Å²) in [5, 5.41) is 76.2. The Bertz CT molecular complexity index is 1390. The Hall–Kier alpha value is -2.67. The lowest BCUT2D eigenvalue weighted by molar-refractivity contribution is -0.302. The molecule has 2 saturated carbocycles. The second-order valence-electron chi connectivity index (χ2n) is 14.5. The number of ether oxygens (including phenoxy) is 6. The molecule has 48 heavy (non-hydrogen) atoms. The fourth-order valence-electron chi connectivity index (χ4n) is 9.74. The lowest BCUT2D eigenvalue weighted by Crippen LogP contribution is -2.79. The van der Waals surface area contributed by atoms with Gasteiger partial charge in [0.05, 0.1) is 32.3 Å². The van der Waals surface area contributed by atoms with E-state index in [4.69, 9.17) is 28.4 Å². The quantitative estimate of drug-likeness (QED) is 0.0863. The van der Waals surface area contributed by atoms with Gasteiger partial charge in [-0.05, 0) is 43.6 Å². The van der Waals surface area contributed by atoms with Crippen LogP contribution in [0.3, 0.4) is 0 Å². The normalized spacial score (nSPS) is 50.6. The van der Waals surface area contributed by atoms with Crippen LogP contribution in [0.1, 0.15) is 34.1 Å². The van der Waals surface area contributed by atoms with E-state index < -0.39 is 126 Å². The molecule has 7 N–H and O–H groups in total. The van der Waals surface area contributed by atoms with Crippen molar-refractivity contribution in [3.63, 3.8) is 0 Å². The van der Waals surface area contributed by atoms with E-state index >= 15 is 0 Å². The summed E-state index contributed by atoms with van der Waals surface area (Å²) < 4.78 is 34.3. The Balaban J connectivity index is 1.48. The van der Waals surface area contributed by atoms with Crippen molar-refractivity contribution in [1.82, 2.24) is 0 Å². The Morgan fingerprint density at radius 3 is 2.35 bits per heavy atom. The number of hydrogen-bond acceptors (Lipinski definition) is 16. The molecule has 6 aliphatic rings. The molecule has 0 amide bonds. The molecule has 2 bridgehead atoms. The van der Waals surface area contributed by atoms with E-state index in [9.17, 15) is 50.1 Å². The highest BCUT2D eigenvalue weighted by molar-refractivity contribution is 5.89. The Labute approximate surface area is 275 Å². The fraction of sp³-hybridized carbons (Fsp3) is 0.781. The van der Waals surface area contributed by atoms with E-state index in [1.54, 1.807) is 27.7 Å². The minimum atomic E-state index is -2.32. The number of carbonyl (C=O) groups is 3. The number of aliphatic hydroxyl groups is 7. The molecular weight excluding hydrogens is 640 g/mol. The summed E-state index contributed by atoms with van der Waals surface area (Å²) in [5.74, 6) is -6.71. The average Bonchev–Trinajstić information content (AvgIpc) is 3.34. The lowest BCUT2D eigenvalue weighted by Gasteiger charge is -2.67. The predicted octanol–water partition coefficient (Wildman–Crippen LogP) is -2.58. The zero-order valence-electron chi connectivity index (χ0n) is 27.2. The van der Waals surface area contributed by atoms with Gasteiger partial charge >= 0.3 is 17.9 Å². The number of methoxy groups -OCH3 is 1. The van der Waals surface area contributed by atoms with Crippen LogP contribution in [-0.4, -0.2) is 141 Å². The smallest absolute Gasteiger partial charge is 0.348 e. The van der Waals surface area contributed by atoms with Crippen LogP contribution >= 0.6 is 0 Å². The first-order valence-corrected chi connectivity index (χ1v) is 16.0. The summed E-state index contributed by atoms with van der Waals surface area (Å²) in [5.41, 5.74) is -4.40. The minimum absolute atomic E-state index is 0.107. The zero-order chi connectivity index (χ0) is 35.2. The third-order valence-corrected chi connectivity index (χ3v) is 11.7. The topological polar surface area (TPSA) is 248 Å². The van der Waals surface area contributed by atoms with Crippen molar-refractivity contribution in [3.8, 4) is 0 Å². The van der Waals surface area contributed by atoms with Crippen molar-refractivity contribution in [3.05, 3.63) is 23.5 Å². The summed E-state index contributed by atoms with van der Waals surface area (Å²) in [7, 11) is 1.06. The molecule has 6 rings (SSSR count). The van der Waals surface area contributed by atoms with Crippen molar-refractivity contribution in [2.45, 2.75) is 101 Å². The van der Waals surface area contributed by atoms with Crippen LogP contribution in [0.5, 0.6) is 0 Å². The number of rotatable bonds is 6. The molecule has 3 aliphatic carbocycles. The highest BCUT2D eigenvalue weighted by Gasteiger charge is 2.85. The summed E-state index contributed by atoms with van der Waals surface area (Å²) >= 11 is 0. The number of esters is 3. The molecule has 0 aromatic carbocycles. The fourth-order valence-corrected chi connectivity index (χ4v) is 9.74. The number of aliphatic hydroxyl groups excluding tert-OH is 7. The third-order valence-electron chi connectivity index (χ3n) is 11.7. The molecule has 3 heterocycles. The molecular formula is C32H44O16. The predicted molar refractivity (Wildman–Crippen MR) is 156 cm³/mol. The number of allylic oxidation sites excluding steroid dienone is 2. The SMILES string of the molecule is COC(=O)[C@@]12OC[C@]34[C@H]([C@@H](O)[C@@H]1O)[C@@]1(C)C=C(O[C@@H]5O[C@H](CO)[C@@H](O)[C@H](O)[C@H]5O)[C@@H](O)[C@@H](C)[C@@H]1C[C@H]3OC(=O)[C@H](OC(=O)C=C(C)C)[C@@H]24. The molecule has 3 saturated heterocycles. The maximum absolute atomic E-state index is 13.7. The van der Waals surface area contributed by atoms with Gasteiger partial charge in [-0.3, -0.25) is 0 Å². The van der Waals surface area contributed by atoms with E-state index in [0.717, 1.165) is 13.2 Å². The molecule has 0 radical (unpaired) electrons. The molecule has 0 unspecified atom stereocenters. The Morgan fingerprint density at radius 2 is 1.73 bits per heavy atom. The molecule has 0 aromatic rings. The van der Waals surface area contributed by atoms with Crippen molar-refractivity contribution >= 4 is 17.9 Å². The highest BCUT2D eigenvalue weighted by Crippen LogP contribution is 2.72. The van der Waals surface area contributed by atoms with Gasteiger partial charge in [0, 0.05) is 17.4 Å². The largest absolute Gasteiger partial charge is 0.467 e. The van der Waals surface area contributed by atoms with Crippen LogP contribution in [-0.2, 0) is 42.8 Å². The first kappa shape index (κ1) is 35.2. The molecule has 16 nitrogen and oxygen atoms in total. The van der Waals surface area contributed by atoms with Crippen LogP contribution in [0.25, 0.3) is 0 Å². The van der Waals surface area contributed by atoms with Gasteiger partial charge in [0.25, 0.3) is 0 Å². The number of carbonyl (C=O) groups excluding carboxylic acids is 3. The number of fused-ring (bicyclic) bond motifs is 2. The Kier molecular flexibility index (Phi) is 8.78. The van der Waals surface area contributed by atoms with E-state index in [2.05, 4.69) is 0 Å². The van der Waals surface area contributed by atoms with Crippen molar-refractivity contribution in [1.29, 1.82) is 0 Å². The van der Waals surface area contributed by atoms with Crippen molar-refractivity contribution in [2.75, 3.05) is 20.3 Å². The van der Waals surface area contributed by atoms with E-state index in [1.165, 1.54) is 6.08 Å². The van der Waals surface area contributed by atoms with Crippen LogP contribution in [0, 0.1) is 34.5 Å². The second kappa shape index (κ2) is 12.0. The maximum atomic E-state index is 13.7. The van der Waals surface area contributed by atoms with E-state index in [-0.39, 0.29) is 18.8 Å². The third kappa shape index (κ3) is 4.64. The van der Waals surface area contributed by atoms with E-state index in [0.29, 0.717) is 5.57 Å². The molecule has 16 heteroatoms. The van der Waals surface area contributed by atoms with Gasteiger partial charge in [0.1, 0.15) is 48.5 Å². The van der Waals surface area contributed by atoms with Gasteiger partial charge in [-0.1, -0.05) is 19.4 Å². The van der Waals surface area contributed by atoms with Crippen LogP contribution in [0.15, 0.2) is 23.5 Å². The van der Waals surface area contributed by atoms with Gasteiger partial charge in [-0.25, -0.2) is 14.4 Å².